The molecule has 3 heteroatoms. The van der Waals surface area contributed by atoms with Crippen molar-refractivity contribution in [3.05, 3.63) is 0 Å². The summed E-state index contributed by atoms with van der Waals surface area (Å²) in [5.41, 5.74) is 0.546. The molecule has 2 saturated heterocycles. The van der Waals surface area contributed by atoms with Crippen molar-refractivity contribution in [1.29, 1.82) is 0 Å². The molecule has 0 aromatic heterocycles. The summed E-state index contributed by atoms with van der Waals surface area (Å²) in [6.07, 6.45) is 0. The van der Waals surface area contributed by atoms with E-state index in [4.69, 9.17) is 0 Å². The Labute approximate surface area is 87.4 Å². The van der Waals surface area contributed by atoms with Crippen LogP contribution in [0.2, 0.25) is 0 Å². The molecule has 0 bridgehead atoms. The lowest BCUT2D eigenvalue weighted by Crippen LogP contribution is -2.61. The average molecular weight is 197 g/mol. The first kappa shape index (κ1) is 10.4. The molecule has 3 nitrogen and oxygen atoms in total. The van der Waals surface area contributed by atoms with E-state index in [1.165, 1.54) is 39.3 Å². The highest BCUT2D eigenvalue weighted by Gasteiger charge is 2.35. The summed E-state index contributed by atoms with van der Waals surface area (Å²) in [6.45, 7) is 12.1. The molecule has 0 amide bonds. The third-order valence-electron chi connectivity index (χ3n) is 3.66. The minimum atomic E-state index is 0.546. The normalized spacial score (nSPS) is 34.1. The van der Waals surface area contributed by atoms with Gasteiger partial charge in [-0.1, -0.05) is 6.92 Å². The topological polar surface area (TPSA) is 18.5 Å². The molecule has 2 fully saturated rings. The first-order chi connectivity index (χ1) is 6.59. The van der Waals surface area contributed by atoms with E-state index in [1.807, 2.05) is 0 Å². The maximum absolute atomic E-state index is 3.38. The summed E-state index contributed by atoms with van der Waals surface area (Å²) in [6, 6.07) is 0.728. The smallest absolute Gasteiger partial charge is 0.0195 e. The Morgan fingerprint density at radius 2 is 2.07 bits per heavy atom. The van der Waals surface area contributed by atoms with Crippen LogP contribution in [0.5, 0.6) is 0 Å². The van der Waals surface area contributed by atoms with E-state index >= 15 is 0 Å². The molecule has 82 valence electrons. The molecule has 1 atom stereocenters. The SMILES string of the molecule is CC1CN(C)CCN1CC1(C)CNC1. The summed E-state index contributed by atoms with van der Waals surface area (Å²) < 4.78 is 0. The molecule has 0 aliphatic carbocycles. The molecule has 2 rings (SSSR count). The molecule has 2 aliphatic rings. The number of likely N-dealkylation sites (N-methyl/N-ethyl adjacent to an activating group) is 1. The summed E-state index contributed by atoms with van der Waals surface area (Å²) >= 11 is 0. The number of nitrogens with zero attached hydrogens (tertiary/aromatic N) is 2. The maximum Gasteiger partial charge on any atom is 0.0195 e. The van der Waals surface area contributed by atoms with Crippen LogP contribution in [0.4, 0.5) is 0 Å². The van der Waals surface area contributed by atoms with Gasteiger partial charge in [-0.05, 0) is 14.0 Å². The standard InChI is InChI=1S/C11H23N3/c1-10-6-13(3)4-5-14(10)9-11(2)7-12-8-11/h10,12H,4-9H2,1-3H3. The van der Waals surface area contributed by atoms with E-state index in [-0.39, 0.29) is 0 Å². The van der Waals surface area contributed by atoms with Crippen LogP contribution in [-0.2, 0) is 0 Å². The Bertz CT molecular complexity index is 201. The summed E-state index contributed by atoms with van der Waals surface area (Å²) in [4.78, 5) is 5.09. The average Bonchev–Trinajstić information content (AvgIpc) is 2.07. The molecular weight excluding hydrogens is 174 g/mol. The third-order valence-corrected chi connectivity index (χ3v) is 3.66. The highest BCUT2D eigenvalue weighted by atomic mass is 15.3. The summed E-state index contributed by atoms with van der Waals surface area (Å²) in [7, 11) is 2.22. The Morgan fingerprint density at radius 1 is 1.36 bits per heavy atom. The second kappa shape index (κ2) is 3.80. The van der Waals surface area contributed by atoms with E-state index in [2.05, 4.69) is 36.0 Å². The first-order valence-electron chi connectivity index (χ1n) is 5.72. The van der Waals surface area contributed by atoms with Gasteiger partial charge in [0.15, 0.2) is 0 Å². The maximum atomic E-state index is 3.38. The van der Waals surface area contributed by atoms with E-state index in [0.717, 1.165) is 6.04 Å². The van der Waals surface area contributed by atoms with Crippen LogP contribution in [0.1, 0.15) is 13.8 Å². The van der Waals surface area contributed by atoms with Gasteiger partial charge in [-0.25, -0.2) is 0 Å². The van der Waals surface area contributed by atoms with Crippen LogP contribution in [-0.4, -0.2) is 62.2 Å². The van der Waals surface area contributed by atoms with Gasteiger partial charge in [-0.15, -0.1) is 0 Å². The minimum absolute atomic E-state index is 0.546. The zero-order valence-electron chi connectivity index (χ0n) is 9.71. The fraction of sp³-hybridized carbons (Fsp3) is 1.00. The monoisotopic (exact) mass is 197 g/mol. The first-order valence-corrected chi connectivity index (χ1v) is 5.72. The third kappa shape index (κ3) is 2.10. The Balaban J connectivity index is 1.85. The highest BCUT2D eigenvalue weighted by Crippen LogP contribution is 2.24. The van der Waals surface area contributed by atoms with Crippen molar-refractivity contribution in [2.24, 2.45) is 5.41 Å². The van der Waals surface area contributed by atoms with Crippen LogP contribution < -0.4 is 5.32 Å². The van der Waals surface area contributed by atoms with Gasteiger partial charge in [0.1, 0.15) is 0 Å². The predicted molar refractivity (Wildman–Crippen MR) is 59.5 cm³/mol. The zero-order chi connectivity index (χ0) is 10.2. The van der Waals surface area contributed by atoms with Crippen molar-refractivity contribution >= 4 is 0 Å². The van der Waals surface area contributed by atoms with Crippen LogP contribution in [0, 0.1) is 5.41 Å². The van der Waals surface area contributed by atoms with Crippen LogP contribution in [0.3, 0.4) is 0 Å². The summed E-state index contributed by atoms with van der Waals surface area (Å²) in [5, 5.41) is 3.38. The number of nitrogens with one attached hydrogen (secondary N) is 1. The zero-order valence-corrected chi connectivity index (χ0v) is 9.71. The van der Waals surface area contributed by atoms with Crippen molar-refractivity contribution in [1.82, 2.24) is 15.1 Å². The molecule has 0 aromatic rings. The van der Waals surface area contributed by atoms with Crippen molar-refractivity contribution in [2.75, 3.05) is 46.3 Å². The minimum Gasteiger partial charge on any atom is -0.315 e. The number of hydrogen-bond acceptors (Lipinski definition) is 3. The fourth-order valence-corrected chi connectivity index (χ4v) is 2.57. The molecular formula is C11H23N3. The number of piperazine rings is 1. The van der Waals surface area contributed by atoms with Gasteiger partial charge in [0.25, 0.3) is 0 Å². The molecule has 2 heterocycles. The van der Waals surface area contributed by atoms with Crippen molar-refractivity contribution in [2.45, 2.75) is 19.9 Å². The van der Waals surface area contributed by atoms with E-state index < -0.39 is 0 Å². The fourth-order valence-electron chi connectivity index (χ4n) is 2.57. The molecule has 1 unspecified atom stereocenters. The second-order valence-electron chi connectivity index (χ2n) is 5.50. The van der Waals surface area contributed by atoms with Crippen molar-refractivity contribution in [3.8, 4) is 0 Å². The van der Waals surface area contributed by atoms with Crippen LogP contribution in [0.25, 0.3) is 0 Å². The van der Waals surface area contributed by atoms with E-state index in [9.17, 15) is 0 Å². The van der Waals surface area contributed by atoms with Gasteiger partial charge in [-0.3, -0.25) is 4.90 Å². The van der Waals surface area contributed by atoms with Gasteiger partial charge in [0.2, 0.25) is 0 Å². The lowest BCUT2D eigenvalue weighted by atomic mass is 9.83. The quantitative estimate of drug-likeness (QED) is 0.684. The molecule has 0 radical (unpaired) electrons. The van der Waals surface area contributed by atoms with Crippen molar-refractivity contribution in [3.63, 3.8) is 0 Å². The lowest BCUT2D eigenvalue weighted by molar-refractivity contribution is 0.0387. The molecule has 14 heavy (non-hydrogen) atoms. The second-order valence-corrected chi connectivity index (χ2v) is 5.50. The van der Waals surface area contributed by atoms with Gasteiger partial charge in [-0.2, -0.15) is 0 Å². The molecule has 1 N–H and O–H groups in total. The molecule has 0 aromatic carbocycles. The summed E-state index contributed by atoms with van der Waals surface area (Å²) in [5.74, 6) is 0. The van der Waals surface area contributed by atoms with Crippen LogP contribution in [0.15, 0.2) is 0 Å². The Kier molecular flexibility index (Phi) is 2.82. The lowest BCUT2D eigenvalue weighted by Gasteiger charge is -2.47. The number of hydrogen-bond donors (Lipinski definition) is 1. The van der Waals surface area contributed by atoms with Gasteiger partial charge in [0, 0.05) is 50.7 Å². The molecule has 0 spiro atoms. The molecule has 2 aliphatic heterocycles. The predicted octanol–water partition coefficient (Wildman–Crippen LogP) is 0.232. The number of rotatable bonds is 2. The largest absolute Gasteiger partial charge is 0.315 e. The highest BCUT2D eigenvalue weighted by molar-refractivity contribution is 4.93. The van der Waals surface area contributed by atoms with Crippen molar-refractivity contribution < 1.29 is 0 Å². The van der Waals surface area contributed by atoms with E-state index in [0.29, 0.717) is 5.41 Å². The van der Waals surface area contributed by atoms with Gasteiger partial charge in [0.05, 0.1) is 0 Å². The van der Waals surface area contributed by atoms with Gasteiger partial charge < -0.3 is 10.2 Å². The van der Waals surface area contributed by atoms with E-state index in [1.54, 1.807) is 0 Å². The van der Waals surface area contributed by atoms with Gasteiger partial charge >= 0.3 is 0 Å². The Hall–Kier alpha value is -0.120. The molecule has 0 saturated carbocycles. The Morgan fingerprint density at radius 3 is 2.57 bits per heavy atom. The van der Waals surface area contributed by atoms with Crippen LogP contribution >= 0.6 is 0 Å².